The zero-order chi connectivity index (χ0) is 22.1. The third kappa shape index (κ3) is 7.22. The summed E-state index contributed by atoms with van der Waals surface area (Å²) in [6.45, 7) is 4.13. The first-order valence-corrected chi connectivity index (χ1v) is 11.2. The minimum atomic E-state index is -0.894. The van der Waals surface area contributed by atoms with Gasteiger partial charge in [-0.15, -0.1) is 11.3 Å². The average Bonchev–Trinajstić information content (AvgIpc) is 3.27. The number of thiazole rings is 1. The van der Waals surface area contributed by atoms with Crippen molar-refractivity contribution in [3.8, 4) is 0 Å². The number of nitrogens with one attached hydrogen (secondary N) is 2. The molecule has 3 rings (SSSR count). The Morgan fingerprint density at radius 1 is 1.00 bits per heavy atom. The zero-order valence-corrected chi connectivity index (χ0v) is 18.5. The Labute approximate surface area is 186 Å². The number of amides is 1. The molecule has 0 bridgehead atoms. The van der Waals surface area contributed by atoms with Crippen LogP contribution in [0.25, 0.3) is 0 Å². The van der Waals surface area contributed by atoms with Gasteiger partial charge in [0.15, 0.2) is 16.9 Å². The minimum absolute atomic E-state index is 0.0260. The van der Waals surface area contributed by atoms with E-state index in [1.54, 1.807) is 12.3 Å². The highest BCUT2D eigenvalue weighted by atomic mass is 32.1. The van der Waals surface area contributed by atoms with Gasteiger partial charge in [-0.2, -0.15) is 0 Å². The van der Waals surface area contributed by atoms with E-state index < -0.39 is 12.1 Å². The molecule has 0 aliphatic carbocycles. The quantitative estimate of drug-likeness (QED) is 0.459. The number of esters is 1. The normalized spacial score (nSPS) is 12.6. The van der Waals surface area contributed by atoms with Crippen LogP contribution in [0.3, 0.4) is 0 Å². The summed E-state index contributed by atoms with van der Waals surface area (Å²) in [6, 6.07) is 20.0. The molecule has 3 aromatic rings. The van der Waals surface area contributed by atoms with E-state index in [2.05, 4.69) is 27.8 Å². The lowest BCUT2D eigenvalue weighted by Crippen LogP contribution is -2.41. The highest BCUT2D eigenvalue weighted by Gasteiger charge is 2.22. The second kappa shape index (κ2) is 11.3. The summed E-state index contributed by atoms with van der Waals surface area (Å²) < 4.78 is 5.30. The number of aromatic nitrogens is 1. The number of benzene rings is 2. The van der Waals surface area contributed by atoms with Crippen LogP contribution in [0.15, 0.2) is 66.0 Å². The Bertz CT molecular complexity index is 976. The van der Waals surface area contributed by atoms with Gasteiger partial charge >= 0.3 is 5.97 Å². The third-order valence-electron chi connectivity index (χ3n) is 4.75. The molecule has 0 aliphatic rings. The van der Waals surface area contributed by atoms with Crippen molar-refractivity contribution < 1.29 is 14.3 Å². The number of nitrogens with zero attached hydrogens (tertiary/aromatic N) is 1. The van der Waals surface area contributed by atoms with Gasteiger partial charge in [-0.05, 0) is 37.8 Å². The standard InChI is InChI=1S/C24H27N3O3S/c1-17(13-14-19-9-5-3-6-10-19)26-22(28)18(2)30-23(29)21-16-31-24(27-21)25-15-20-11-7-4-8-12-20/h3-12,16-18H,13-15H2,1-2H3,(H,25,27)(H,26,28). The molecule has 0 radical (unpaired) electrons. The summed E-state index contributed by atoms with van der Waals surface area (Å²) in [5.74, 6) is -0.921. The fraction of sp³-hybridized carbons (Fsp3) is 0.292. The molecule has 2 aromatic carbocycles. The molecule has 1 heterocycles. The Morgan fingerprint density at radius 2 is 1.65 bits per heavy atom. The Kier molecular flexibility index (Phi) is 8.18. The molecule has 0 spiro atoms. The number of carbonyl (C=O) groups excluding carboxylic acids is 2. The Hall–Kier alpha value is -3.19. The molecule has 1 aromatic heterocycles. The third-order valence-corrected chi connectivity index (χ3v) is 5.55. The summed E-state index contributed by atoms with van der Waals surface area (Å²) in [7, 11) is 0. The molecule has 31 heavy (non-hydrogen) atoms. The highest BCUT2D eigenvalue weighted by Crippen LogP contribution is 2.17. The van der Waals surface area contributed by atoms with E-state index in [9.17, 15) is 9.59 Å². The van der Waals surface area contributed by atoms with Crippen molar-refractivity contribution in [3.05, 3.63) is 82.9 Å². The van der Waals surface area contributed by atoms with Crippen molar-refractivity contribution in [2.75, 3.05) is 5.32 Å². The first kappa shape index (κ1) is 22.5. The summed E-state index contributed by atoms with van der Waals surface area (Å²) in [5, 5.41) is 8.35. The molecule has 0 fully saturated rings. The molecule has 2 N–H and O–H groups in total. The molecule has 6 nitrogen and oxygen atoms in total. The molecule has 162 valence electrons. The van der Waals surface area contributed by atoms with Crippen LogP contribution in [-0.4, -0.2) is 29.0 Å². The monoisotopic (exact) mass is 437 g/mol. The van der Waals surface area contributed by atoms with Crippen LogP contribution < -0.4 is 10.6 Å². The van der Waals surface area contributed by atoms with E-state index in [0.29, 0.717) is 11.7 Å². The van der Waals surface area contributed by atoms with Gasteiger partial charge in [-0.25, -0.2) is 9.78 Å². The SMILES string of the molecule is CC(CCc1ccccc1)NC(=O)C(C)OC(=O)c1csc(NCc2ccccc2)n1. The minimum Gasteiger partial charge on any atom is -0.448 e. The first-order chi connectivity index (χ1) is 15.0. The molecule has 0 aliphatic heterocycles. The molecule has 1 amide bonds. The van der Waals surface area contributed by atoms with Gasteiger partial charge in [-0.3, -0.25) is 4.79 Å². The van der Waals surface area contributed by atoms with Crippen LogP contribution in [0.2, 0.25) is 0 Å². The fourth-order valence-corrected chi connectivity index (χ4v) is 3.64. The lowest BCUT2D eigenvalue weighted by atomic mass is 10.1. The largest absolute Gasteiger partial charge is 0.448 e. The molecule has 0 saturated carbocycles. The maximum absolute atomic E-state index is 12.4. The predicted molar refractivity (Wildman–Crippen MR) is 123 cm³/mol. The van der Waals surface area contributed by atoms with Crippen molar-refractivity contribution in [3.63, 3.8) is 0 Å². The van der Waals surface area contributed by atoms with Gasteiger partial charge in [0.1, 0.15) is 0 Å². The van der Waals surface area contributed by atoms with Crippen molar-refractivity contribution in [2.24, 2.45) is 0 Å². The molecule has 7 heteroatoms. The van der Waals surface area contributed by atoms with Gasteiger partial charge in [0.2, 0.25) is 0 Å². The number of carbonyl (C=O) groups is 2. The lowest BCUT2D eigenvalue weighted by Gasteiger charge is -2.17. The Balaban J connectivity index is 1.42. The average molecular weight is 438 g/mol. The zero-order valence-electron chi connectivity index (χ0n) is 17.7. The summed E-state index contributed by atoms with van der Waals surface area (Å²) in [6.07, 6.45) is 0.779. The van der Waals surface area contributed by atoms with Crippen LogP contribution in [-0.2, 0) is 22.5 Å². The summed E-state index contributed by atoms with van der Waals surface area (Å²) in [4.78, 5) is 29.0. The van der Waals surface area contributed by atoms with Crippen molar-refractivity contribution in [1.29, 1.82) is 0 Å². The summed E-state index contributed by atoms with van der Waals surface area (Å²) in [5.41, 5.74) is 2.54. The van der Waals surface area contributed by atoms with Crippen LogP contribution in [0, 0.1) is 0 Å². The van der Waals surface area contributed by atoms with E-state index in [-0.39, 0.29) is 17.6 Å². The van der Waals surface area contributed by atoms with Crippen molar-refractivity contribution in [1.82, 2.24) is 10.3 Å². The fourth-order valence-electron chi connectivity index (χ4n) is 2.96. The number of hydrogen-bond acceptors (Lipinski definition) is 6. The van der Waals surface area contributed by atoms with Crippen LogP contribution in [0.5, 0.6) is 0 Å². The van der Waals surface area contributed by atoms with Crippen LogP contribution >= 0.6 is 11.3 Å². The topological polar surface area (TPSA) is 80.3 Å². The van der Waals surface area contributed by atoms with E-state index in [1.807, 2.05) is 55.5 Å². The Morgan fingerprint density at radius 3 is 2.32 bits per heavy atom. The van der Waals surface area contributed by atoms with Gasteiger partial charge < -0.3 is 15.4 Å². The van der Waals surface area contributed by atoms with E-state index in [1.165, 1.54) is 16.9 Å². The van der Waals surface area contributed by atoms with Crippen molar-refractivity contribution >= 4 is 28.3 Å². The van der Waals surface area contributed by atoms with Crippen molar-refractivity contribution in [2.45, 2.75) is 45.4 Å². The van der Waals surface area contributed by atoms with Gasteiger partial charge in [0, 0.05) is 18.0 Å². The smallest absolute Gasteiger partial charge is 0.358 e. The lowest BCUT2D eigenvalue weighted by molar-refractivity contribution is -0.129. The maximum atomic E-state index is 12.4. The first-order valence-electron chi connectivity index (χ1n) is 10.3. The molecule has 0 saturated heterocycles. The highest BCUT2D eigenvalue weighted by molar-refractivity contribution is 7.13. The van der Waals surface area contributed by atoms with Gasteiger partial charge in [0.25, 0.3) is 5.91 Å². The number of aryl methyl sites for hydroxylation is 1. The number of rotatable bonds is 10. The van der Waals surface area contributed by atoms with E-state index in [4.69, 9.17) is 4.74 Å². The molecular weight excluding hydrogens is 410 g/mol. The van der Waals surface area contributed by atoms with Gasteiger partial charge in [0.05, 0.1) is 0 Å². The number of hydrogen-bond donors (Lipinski definition) is 2. The van der Waals surface area contributed by atoms with Crippen LogP contribution in [0.4, 0.5) is 5.13 Å². The second-order valence-electron chi connectivity index (χ2n) is 7.36. The molecule has 2 unspecified atom stereocenters. The van der Waals surface area contributed by atoms with E-state index in [0.717, 1.165) is 18.4 Å². The number of anilines is 1. The molecule has 2 atom stereocenters. The summed E-state index contributed by atoms with van der Waals surface area (Å²) >= 11 is 1.32. The maximum Gasteiger partial charge on any atom is 0.358 e. The second-order valence-corrected chi connectivity index (χ2v) is 8.22. The van der Waals surface area contributed by atoms with Gasteiger partial charge in [-0.1, -0.05) is 60.7 Å². The molecular formula is C24H27N3O3S. The number of ether oxygens (including phenoxy) is 1. The van der Waals surface area contributed by atoms with Crippen LogP contribution in [0.1, 0.15) is 41.9 Å². The van der Waals surface area contributed by atoms with E-state index >= 15 is 0 Å². The predicted octanol–water partition coefficient (Wildman–Crippen LogP) is 4.44.